The Labute approximate surface area is 668 Å². The van der Waals surface area contributed by atoms with E-state index in [1.165, 1.54) is 92.0 Å². The molecule has 10 rings (SSSR count). The van der Waals surface area contributed by atoms with Crippen LogP contribution >= 0.6 is 23.2 Å². The van der Waals surface area contributed by atoms with Gasteiger partial charge >= 0.3 is 24.2 Å². The maximum atomic E-state index is 16.5. The summed E-state index contributed by atoms with van der Waals surface area (Å²) in [4.78, 5) is 165. The highest BCUT2D eigenvalue weighted by molar-refractivity contribution is 6.32. The summed E-state index contributed by atoms with van der Waals surface area (Å²) in [5, 5.41) is 47.3. The van der Waals surface area contributed by atoms with Crippen LogP contribution in [0.1, 0.15) is 137 Å². The van der Waals surface area contributed by atoms with Gasteiger partial charge in [-0.15, -0.1) is 0 Å². The number of aliphatic hydroxyl groups excluding tert-OH is 2. The first-order chi connectivity index (χ1) is 54.7. The number of esters is 1. The molecule has 11 amide bonds. The molecule has 5 aliphatic rings. The van der Waals surface area contributed by atoms with E-state index in [-0.39, 0.29) is 124 Å². The molecule has 31 nitrogen and oxygen atoms in total. The van der Waals surface area contributed by atoms with Gasteiger partial charge in [-0.1, -0.05) is 158 Å². The van der Waals surface area contributed by atoms with Crippen molar-refractivity contribution in [2.75, 3.05) is 53.2 Å². The van der Waals surface area contributed by atoms with Crippen LogP contribution in [0, 0.1) is 5.92 Å². The number of carbonyl (C=O) groups excluding carboxylic acids is 11. The number of hydrogen-bond donors (Lipinski definition) is 11. The predicted octanol–water partition coefficient (Wildman–Crippen LogP) is 9.76. The minimum atomic E-state index is -2.31. The second kappa shape index (κ2) is 42.1. The maximum Gasteiger partial charge on any atom is 0.412 e. The minimum absolute atomic E-state index is 0.00701. The van der Waals surface area contributed by atoms with Crippen molar-refractivity contribution in [3.05, 3.63) is 180 Å². The lowest BCUT2D eigenvalue weighted by atomic mass is 9.89. The van der Waals surface area contributed by atoms with Crippen molar-refractivity contribution in [1.82, 2.24) is 52.8 Å². The molecule has 114 heavy (non-hydrogen) atoms. The zero-order valence-corrected chi connectivity index (χ0v) is 65.2. The van der Waals surface area contributed by atoms with Crippen LogP contribution in [0.3, 0.4) is 0 Å². The standard InChI is InChI=1S/C81H94Cl2N10O21/c1-11-18-19-20-21-22-29-85-79(104)87-62(94)43-54-72(97)88-65-48-39-60(112-57-27-24-46(37-52(57)82)69(95)67(76(101)86-54)91-73(98)55(35-44(8)9)93(10)81(106)111-34-16-6)71(114-80(105)84-17-7)61(40-48)113-58-28-25-47(38-53(58)83)70(96)68-77(102)90-66(78(103)110-33-15-5)51-41-49(107-30-12-2)42-59(109-32-14-4)63(51)50-36-45(23-26-56(50)108-31-13-3)64(74(99)92-68)89-75(65)100/h12-16,23-28,36-42,44,54-55,64-70,95-96H,2-6,11,17-22,29-35,43H2,1,7-10H3,(H,84,105)(H,86,101)(H,88,97)(H,89,100)(H,90,102)(H,91,98)(H,92,99)(H2,85,87,94,104)/t54?,55-,64-,65?,66?,67?,68+,69-,70-/m1/s1. The molecule has 5 aliphatic heterocycles. The summed E-state index contributed by atoms with van der Waals surface area (Å²) in [6.07, 6.45) is 4.35. The number of ether oxygens (including phenoxy) is 8. The Hall–Kier alpha value is -11.9. The van der Waals surface area contributed by atoms with Gasteiger partial charge in [0.2, 0.25) is 47.1 Å². The molecule has 0 radical (unpaired) electrons. The lowest BCUT2D eigenvalue weighted by molar-refractivity contribution is -0.147. The van der Waals surface area contributed by atoms with Crippen molar-refractivity contribution in [3.63, 3.8) is 0 Å². The summed E-state index contributed by atoms with van der Waals surface area (Å²) in [6, 6.07) is 0.958. The number of fused-ring (bicyclic) bond motifs is 15. The van der Waals surface area contributed by atoms with Crippen LogP contribution in [0.2, 0.25) is 10.0 Å². The third-order valence-electron chi connectivity index (χ3n) is 18.0. The number of nitrogens with one attached hydrogen (secondary N) is 9. The fraction of sp³-hybridized carbons (Fsp3) is 0.370. The molecule has 0 spiro atoms. The van der Waals surface area contributed by atoms with Crippen LogP contribution in [-0.4, -0.2) is 158 Å². The normalized spacial score (nSPS) is 18.7. The summed E-state index contributed by atoms with van der Waals surface area (Å²) in [5.74, 6) is -12.7. The van der Waals surface area contributed by atoms with Gasteiger partial charge < -0.3 is 90.6 Å². The zero-order chi connectivity index (χ0) is 82.9. The van der Waals surface area contributed by atoms with Crippen LogP contribution in [0.4, 0.5) is 14.4 Å². The van der Waals surface area contributed by atoms with Gasteiger partial charge in [0, 0.05) is 42.9 Å². The Balaban J connectivity index is 1.43. The van der Waals surface area contributed by atoms with Gasteiger partial charge in [-0.2, -0.15) is 0 Å². The summed E-state index contributed by atoms with van der Waals surface area (Å²) < 4.78 is 48.7. The van der Waals surface area contributed by atoms with Crippen LogP contribution in [0.5, 0.6) is 46.0 Å². The number of nitrogens with zero attached hydrogens (tertiary/aromatic N) is 1. The number of rotatable bonds is 30. The smallest absolute Gasteiger partial charge is 0.412 e. The molecular formula is C81H94Cl2N10O21. The highest BCUT2D eigenvalue weighted by atomic mass is 35.5. The summed E-state index contributed by atoms with van der Waals surface area (Å²) >= 11 is 14.2. The van der Waals surface area contributed by atoms with E-state index in [1.807, 2.05) is 0 Å². The van der Waals surface area contributed by atoms with Gasteiger partial charge in [-0.05, 0) is 103 Å². The lowest BCUT2D eigenvalue weighted by Crippen LogP contribution is -2.60. The summed E-state index contributed by atoms with van der Waals surface area (Å²) in [6.45, 7) is 24.8. The van der Waals surface area contributed by atoms with E-state index in [0.29, 0.717) is 6.42 Å². The minimum Gasteiger partial charge on any atom is -0.489 e. The van der Waals surface area contributed by atoms with E-state index in [9.17, 15) is 39.0 Å². The van der Waals surface area contributed by atoms with Crippen LogP contribution in [0.15, 0.2) is 142 Å². The molecule has 11 bridgehead atoms. The number of urea groups is 1. The van der Waals surface area contributed by atoms with Gasteiger partial charge in [0.1, 0.15) is 110 Å². The average molecular weight is 1610 g/mol. The van der Waals surface area contributed by atoms with E-state index in [4.69, 9.17) is 61.1 Å². The Morgan fingerprint density at radius 2 is 1.18 bits per heavy atom. The quantitative estimate of drug-likeness (QED) is 0.0116. The number of unbranched alkanes of at least 4 members (excludes halogenated alkanes) is 5. The van der Waals surface area contributed by atoms with Crippen LogP contribution in [0.25, 0.3) is 11.1 Å². The van der Waals surface area contributed by atoms with E-state index in [1.54, 1.807) is 20.8 Å². The lowest BCUT2D eigenvalue weighted by Gasteiger charge is -2.32. The first-order valence-electron chi connectivity index (χ1n) is 36.8. The molecular weight excluding hydrogens is 1520 g/mol. The molecule has 5 heterocycles. The first-order valence-corrected chi connectivity index (χ1v) is 37.6. The fourth-order valence-electron chi connectivity index (χ4n) is 12.4. The largest absolute Gasteiger partial charge is 0.489 e. The van der Waals surface area contributed by atoms with Crippen LogP contribution in [-0.2, 0) is 47.8 Å². The van der Waals surface area contributed by atoms with Crippen molar-refractivity contribution >= 4 is 88.7 Å². The molecule has 11 N–H and O–H groups in total. The molecule has 0 aromatic heterocycles. The number of likely N-dealkylation sites (N-methyl/N-ethyl adjacent to an activating group) is 1. The van der Waals surface area contributed by atoms with E-state index in [0.717, 1.165) is 61.3 Å². The summed E-state index contributed by atoms with van der Waals surface area (Å²) in [5.41, 5.74) is -1.04. The SMILES string of the molecule is C=CCOC(=O)C1NC(=O)[C@H]2NC(=O)[C@H](NC(=O)C3NC(=O)C(CC(=O)NC(=O)NCCCCCCCC)NC(=O)C(NC(=O)[C@@H](CC(C)C)N(C)C(=O)OCC=C)[C@H](O)c4ccc(c(Cl)c4)Oc4cc3cc(c4OC(=O)NCC)Oc3ccc(cc3Cl)[C@H]2O)c2ccc(OCC=C)c(c2)-c2c(OCC=C)cc(OCC=C)cc21. The first kappa shape index (κ1) is 87.6. The Morgan fingerprint density at radius 3 is 1.80 bits per heavy atom. The topological polar surface area (TPSA) is 414 Å². The number of carbonyl (C=O) groups is 11. The number of imide groups is 1. The van der Waals surface area contributed by atoms with E-state index >= 15 is 24.0 Å². The van der Waals surface area contributed by atoms with Crippen molar-refractivity contribution < 1.29 is 101 Å². The molecule has 608 valence electrons. The van der Waals surface area contributed by atoms with Gasteiger partial charge in [0.15, 0.2) is 17.5 Å². The van der Waals surface area contributed by atoms with Gasteiger partial charge in [-0.3, -0.25) is 43.8 Å². The maximum absolute atomic E-state index is 16.5. The number of hydrogen-bond acceptors (Lipinski definition) is 21. The molecule has 0 saturated carbocycles. The molecule has 4 unspecified atom stereocenters. The molecule has 0 aliphatic carbocycles. The van der Waals surface area contributed by atoms with E-state index in [2.05, 4.69) is 87.7 Å². The van der Waals surface area contributed by atoms with E-state index < -0.39 is 156 Å². The van der Waals surface area contributed by atoms with Gasteiger partial charge in [0.05, 0.1) is 16.5 Å². The van der Waals surface area contributed by atoms with Crippen LogP contribution < -0.4 is 76.3 Å². The Bertz CT molecular complexity index is 4460. The number of benzene rings is 5. The third-order valence-corrected chi connectivity index (χ3v) is 18.5. The summed E-state index contributed by atoms with van der Waals surface area (Å²) in [7, 11) is 1.26. The highest BCUT2D eigenvalue weighted by Gasteiger charge is 2.43. The third kappa shape index (κ3) is 22.9. The number of amides is 11. The average Bonchev–Trinajstić information content (AvgIpc) is 0.762. The van der Waals surface area contributed by atoms with Crippen molar-refractivity contribution in [2.24, 2.45) is 5.92 Å². The molecule has 0 fully saturated rings. The van der Waals surface area contributed by atoms with Crippen molar-refractivity contribution in [3.8, 4) is 57.1 Å². The Kier molecular flexibility index (Phi) is 32.4. The second-order valence-corrected chi connectivity index (χ2v) is 27.7. The molecule has 0 saturated heterocycles. The molecule has 5 aromatic carbocycles. The monoisotopic (exact) mass is 1610 g/mol. The number of aliphatic hydroxyl groups is 2. The zero-order valence-electron chi connectivity index (χ0n) is 63.7. The number of halogens is 2. The molecule has 33 heteroatoms. The van der Waals surface area contributed by atoms with Gasteiger partial charge in [0.25, 0.3) is 0 Å². The molecule has 9 atom stereocenters. The highest BCUT2D eigenvalue weighted by Crippen LogP contribution is 2.49. The Morgan fingerprint density at radius 1 is 0.596 bits per heavy atom. The van der Waals surface area contributed by atoms with Crippen molar-refractivity contribution in [1.29, 1.82) is 0 Å². The van der Waals surface area contributed by atoms with Crippen molar-refractivity contribution in [2.45, 2.75) is 134 Å². The molecule has 5 aromatic rings. The second-order valence-electron chi connectivity index (χ2n) is 26.9. The predicted molar refractivity (Wildman–Crippen MR) is 420 cm³/mol. The van der Waals surface area contributed by atoms with Gasteiger partial charge in [-0.25, -0.2) is 19.2 Å². The fourth-order valence-corrected chi connectivity index (χ4v) is 12.8.